The number of methoxy groups -OCH3 is 1. The molecule has 6 heteroatoms. The topological polar surface area (TPSA) is 67.9 Å². The normalized spacial score (nSPS) is 11.6. The van der Waals surface area contributed by atoms with Crippen LogP contribution < -0.4 is 10.1 Å². The molecule has 1 N–H and O–H groups in total. The Morgan fingerprint density at radius 3 is 2.35 bits per heavy atom. The summed E-state index contributed by atoms with van der Waals surface area (Å²) in [4.78, 5) is 28.0. The van der Waals surface area contributed by atoms with Crippen molar-refractivity contribution < 1.29 is 19.1 Å². The van der Waals surface area contributed by atoms with Crippen LogP contribution in [0.2, 0.25) is 0 Å². The highest BCUT2D eigenvalue weighted by Gasteiger charge is 2.30. The predicted octanol–water partition coefficient (Wildman–Crippen LogP) is 4.11. The zero-order valence-corrected chi connectivity index (χ0v) is 18.8. The summed E-state index contributed by atoms with van der Waals surface area (Å²) >= 11 is 0. The minimum absolute atomic E-state index is 0.0448. The Labute approximate surface area is 185 Å². The molecule has 0 saturated heterocycles. The number of carbonyl (C=O) groups excluding carboxylic acids is 2. The average Bonchev–Trinajstić information content (AvgIpc) is 2.80. The molecule has 6 nitrogen and oxygen atoms in total. The molecule has 2 rings (SSSR count). The van der Waals surface area contributed by atoms with Gasteiger partial charge < -0.3 is 19.7 Å². The number of nitrogens with zero attached hydrogens (tertiary/aromatic N) is 1. The molecular weight excluding hydrogens is 392 g/mol. The van der Waals surface area contributed by atoms with E-state index in [1.165, 1.54) is 0 Å². The molecule has 0 aliphatic rings. The third-order valence-electron chi connectivity index (χ3n) is 4.94. The van der Waals surface area contributed by atoms with Crippen LogP contribution in [-0.2, 0) is 20.9 Å². The van der Waals surface area contributed by atoms with E-state index in [-0.39, 0.29) is 11.8 Å². The van der Waals surface area contributed by atoms with Crippen LogP contribution >= 0.6 is 0 Å². The Kier molecular flexibility index (Phi) is 10.6. The zero-order chi connectivity index (χ0) is 22.5. The first kappa shape index (κ1) is 24.4. The van der Waals surface area contributed by atoms with Gasteiger partial charge in [-0.3, -0.25) is 9.59 Å². The Balaban J connectivity index is 2.28. The Morgan fingerprint density at radius 2 is 1.74 bits per heavy atom. The molecule has 0 aliphatic heterocycles. The fraction of sp³-hybridized carbons (Fsp3) is 0.440. The maximum Gasteiger partial charge on any atom is 0.247 e. The van der Waals surface area contributed by atoms with Gasteiger partial charge in [-0.25, -0.2) is 0 Å². The number of nitrogens with one attached hydrogen (secondary N) is 1. The lowest BCUT2D eigenvalue weighted by atomic mass is 10.0. The number of hydrogen-bond donors (Lipinski definition) is 1. The molecule has 0 bridgehead atoms. The second-order valence-corrected chi connectivity index (χ2v) is 7.27. The van der Waals surface area contributed by atoms with Gasteiger partial charge in [0.15, 0.2) is 0 Å². The SMILES string of the molecule is CCCC(=O)N(Cc1ccc(OC)cc1)[C@@H](C(=O)NCCCOCC)c1ccccc1. The number of carbonyl (C=O) groups is 2. The third kappa shape index (κ3) is 7.72. The van der Waals surface area contributed by atoms with E-state index in [1.807, 2.05) is 68.4 Å². The minimum atomic E-state index is -0.700. The molecule has 1 atom stereocenters. The number of rotatable bonds is 13. The van der Waals surface area contributed by atoms with Crippen molar-refractivity contribution >= 4 is 11.8 Å². The van der Waals surface area contributed by atoms with E-state index >= 15 is 0 Å². The second kappa shape index (κ2) is 13.4. The van der Waals surface area contributed by atoms with Crippen LogP contribution in [0.5, 0.6) is 5.75 Å². The van der Waals surface area contributed by atoms with Gasteiger partial charge in [-0.1, -0.05) is 49.4 Å². The van der Waals surface area contributed by atoms with Crippen molar-refractivity contribution in [2.75, 3.05) is 26.9 Å². The summed E-state index contributed by atoms with van der Waals surface area (Å²) in [5, 5.41) is 2.99. The lowest BCUT2D eigenvalue weighted by Gasteiger charge is -2.31. The lowest BCUT2D eigenvalue weighted by molar-refractivity contribution is -0.141. The van der Waals surface area contributed by atoms with E-state index in [4.69, 9.17) is 9.47 Å². The molecule has 0 spiro atoms. The van der Waals surface area contributed by atoms with Crippen LogP contribution in [0.25, 0.3) is 0 Å². The van der Waals surface area contributed by atoms with E-state index in [9.17, 15) is 9.59 Å². The molecule has 0 unspecified atom stereocenters. The van der Waals surface area contributed by atoms with Crippen molar-refractivity contribution in [1.82, 2.24) is 10.2 Å². The molecule has 0 heterocycles. The van der Waals surface area contributed by atoms with Crippen molar-refractivity contribution in [1.29, 1.82) is 0 Å². The van der Waals surface area contributed by atoms with Crippen molar-refractivity contribution in [3.05, 3.63) is 65.7 Å². The molecular formula is C25H34N2O4. The fourth-order valence-electron chi connectivity index (χ4n) is 3.34. The summed E-state index contributed by atoms with van der Waals surface area (Å²) in [6.45, 7) is 6.00. The summed E-state index contributed by atoms with van der Waals surface area (Å²) in [5.74, 6) is 0.527. The quantitative estimate of drug-likeness (QED) is 0.490. The molecule has 168 valence electrons. The minimum Gasteiger partial charge on any atom is -0.497 e. The lowest BCUT2D eigenvalue weighted by Crippen LogP contribution is -2.43. The number of ether oxygens (including phenoxy) is 2. The van der Waals surface area contributed by atoms with Gasteiger partial charge in [0.25, 0.3) is 0 Å². The number of benzene rings is 2. The summed E-state index contributed by atoms with van der Waals surface area (Å²) in [6, 6.07) is 16.3. The zero-order valence-electron chi connectivity index (χ0n) is 18.8. The molecule has 0 aliphatic carbocycles. The van der Waals surface area contributed by atoms with Crippen LogP contribution in [0.3, 0.4) is 0 Å². The maximum absolute atomic E-state index is 13.3. The van der Waals surface area contributed by atoms with Gasteiger partial charge in [0, 0.05) is 32.7 Å². The van der Waals surface area contributed by atoms with Gasteiger partial charge >= 0.3 is 0 Å². The van der Waals surface area contributed by atoms with Crippen molar-refractivity contribution in [3.63, 3.8) is 0 Å². The average molecular weight is 427 g/mol. The van der Waals surface area contributed by atoms with Gasteiger partial charge in [0.05, 0.1) is 7.11 Å². The Hall–Kier alpha value is -2.86. The largest absolute Gasteiger partial charge is 0.497 e. The van der Waals surface area contributed by atoms with E-state index in [0.717, 1.165) is 29.7 Å². The van der Waals surface area contributed by atoms with Gasteiger partial charge in [-0.05, 0) is 43.0 Å². The Bertz CT molecular complexity index is 793. The van der Waals surface area contributed by atoms with Gasteiger partial charge in [-0.15, -0.1) is 0 Å². The molecule has 2 aromatic rings. The van der Waals surface area contributed by atoms with Gasteiger partial charge in [0.2, 0.25) is 11.8 Å². The van der Waals surface area contributed by atoms with Crippen LogP contribution in [0, 0.1) is 0 Å². The van der Waals surface area contributed by atoms with Crippen molar-refractivity contribution in [3.8, 4) is 5.75 Å². The monoisotopic (exact) mass is 426 g/mol. The van der Waals surface area contributed by atoms with Gasteiger partial charge in [0.1, 0.15) is 11.8 Å². The number of amides is 2. The second-order valence-electron chi connectivity index (χ2n) is 7.27. The molecule has 0 radical (unpaired) electrons. The standard InChI is InChI=1S/C25H34N2O4/c1-4-10-23(28)27(19-20-13-15-22(30-3)16-14-20)24(21-11-7-6-8-12-21)25(29)26-17-9-18-31-5-2/h6-8,11-16,24H,4-5,9-10,17-19H2,1-3H3,(H,26,29)/t24-/m1/s1. The van der Waals surface area contributed by atoms with Crippen LogP contribution in [0.1, 0.15) is 50.3 Å². The molecule has 0 aromatic heterocycles. The highest BCUT2D eigenvalue weighted by molar-refractivity contribution is 5.88. The maximum atomic E-state index is 13.3. The highest BCUT2D eigenvalue weighted by Crippen LogP contribution is 2.25. The molecule has 2 amide bonds. The molecule has 0 fully saturated rings. The van der Waals surface area contributed by atoms with Crippen LogP contribution in [0.15, 0.2) is 54.6 Å². The first-order valence-corrected chi connectivity index (χ1v) is 10.9. The number of hydrogen-bond acceptors (Lipinski definition) is 4. The first-order valence-electron chi connectivity index (χ1n) is 10.9. The summed E-state index contributed by atoms with van der Waals surface area (Å²) in [7, 11) is 1.62. The molecule has 31 heavy (non-hydrogen) atoms. The van der Waals surface area contributed by atoms with Crippen molar-refractivity contribution in [2.45, 2.75) is 45.7 Å². The van der Waals surface area contributed by atoms with E-state index in [0.29, 0.717) is 32.7 Å². The summed E-state index contributed by atoms with van der Waals surface area (Å²) in [6.07, 6.45) is 1.83. The fourth-order valence-corrected chi connectivity index (χ4v) is 3.34. The van der Waals surface area contributed by atoms with Crippen LogP contribution in [0.4, 0.5) is 0 Å². The molecule has 2 aromatic carbocycles. The third-order valence-corrected chi connectivity index (χ3v) is 4.94. The summed E-state index contributed by atoms with van der Waals surface area (Å²) in [5.41, 5.74) is 1.73. The first-order chi connectivity index (χ1) is 15.1. The molecule has 0 saturated carbocycles. The van der Waals surface area contributed by atoms with E-state index in [2.05, 4.69) is 5.32 Å². The van der Waals surface area contributed by atoms with E-state index in [1.54, 1.807) is 12.0 Å². The smallest absolute Gasteiger partial charge is 0.247 e. The van der Waals surface area contributed by atoms with Gasteiger partial charge in [-0.2, -0.15) is 0 Å². The van der Waals surface area contributed by atoms with E-state index < -0.39 is 6.04 Å². The van der Waals surface area contributed by atoms with Crippen LogP contribution in [-0.4, -0.2) is 43.6 Å². The van der Waals surface area contributed by atoms with Crippen molar-refractivity contribution in [2.24, 2.45) is 0 Å². The Morgan fingerprint density at radius 1 is 1.03 bits per heavy atom. The highest BCUT2D eigenvalue weighted by atomic mass is 16.5. The predicted molar refractivity (Wildman–Crippen MR) is 122 cm³/mol. The summed E-state index contributed by atoms with van der Waals surface area (Å²) < 4.78 is 10.6.